The van der Waals surface area contributed by atoms with Gasteiger partial charge in [0.1, 0.15) is 5.82 Å². The van der Waals surface area contributed by atoms with Gasteiger partial charge in [0.05, 0.1) is 0 Å². The average molecular weight is 547 g/mol. The second-order valence-corrected chi connectivity index (χ2v) is 11.8. The molecule has 10 rings (SSSR count). The zero-order chi connectivity index (χ0) is 28.2. The van der Waals surface area contributed by atoms with Crippen molar-refractivity contribution in [3.8, 4) is 44.5 Å². The molecule has 0 aromatic heterocycles. The van der Waals surface area contributed by atoms with Crippen molar-refractivity contribution in [1.82, 2.24) is 0 Å². The second kappa shape index (κ2) is 8.27. The maximum Gasteiger partial charge on any atom is 0.124 e. The molecule has 0 atom stereocenters. The van der Waals surface area contributed by atoms with Crippen molar-refractivity contribution in [1.29, 1.82) is 0 Å². The van der Waals surface area contributed by atoms with Gasteiger partial charge in [-0.2, -0.15) is 0 Å². The number of rotatable bonds is 2. The number of hydrogen-bond donors (Lipinski definition) is 0. The highest BCUT2D eigenvalue weighted by Gasteiger charge is 2.32. The fourth-order valence-corrected chi connectivity index (χ4v) is 7.82. The number of hydrogen-bond acceptors (Lipinski definition) is 0. The van der Waals surface area contributed by atoms with E-state index in [1.807, 2.05) is 0 Å². The highest BCUT2D eigenvalue weighted by molar-refractivity contribution is 6.36. The first-order valence-corrected chi connectivity index (χ1v) is 14.8. The van der Waals surface area contributed by atoms with E-state index in [0.29, 0.717) is 0 Å². The van der Waals surface area contributed by atoms with Crippen LogP contribution in [0.3, 0.4) is 0 Å². The molecular formula is C42H23F. The molecule has 0 heterocycles. The molecule has 198 valence electrons. The molecule has 0 spiro atoms. The lowest BCUT2D eigenvalue weighted by atomic mass is 9.81. The first-order valence-electron chi connectivity index (χ1n) is 14.8. The summed E-state index contributed by atoms with van der Waals surface area (Å²) in [5, 5.41) is 11.7. The quantitative estimate of drug-likeness (QED) is 0.149. The van der Waals surface area contributed by atoms with Crippen LogP contribution in [0, 0.1) is 5.82 Å². The Morgan fingerprint density at radius 3 is 1.51 bits per heavy atom. The van der Waals surface area contributed by atoms with Gasteiger partial charge in [-0.3, -0.25) is 0 Å². The molecule has 0 saturated heterocycles. The Bertz CT molecular complexity index is 2600. The SMILES string of the molecule is Fc1cc2ccc3ccc4c5c(cc(c1)c2c35)-c1c-4c(-c2ccccc2)c2cc3ccccc3cc2c1-c1ccccc1. The third-order valence-electron chi connectivity index (χ3n) is 9.50. The summed E-state index contributed by atoms with van der Waals surface area (Å²) in [6, 6.07) is 49.4. The molecule has 0 amide bonds. The van der Waals surface area contributed by atoms with Crippen molar-refractivity contribution in [3.05, 3.63) is 145 Å². The van der Waals surface area contributed by atoms with E-state index in [1.165, 1.54) is 82.2 Å². The molecule has 1 heteroatoms. The molecule has 0 fully saturated rings. The van der Waals surface area contributed by atoms with Gasteiger partial charge in [0.2, 0.25) is 0 Å². The molecule has 0 N–H and O–H groups in total. The van der Waals surface area contributed by atoms with Crippen LogP contribution >= 0.6 is 0 Å². The minimum atomic E-state index is -0.199. The van der Waals surface area contributed by atoms with Gasteiger partial charge in [-0.15, -0.1) is 0 Å². The van der Waals surface area contributed by atoms with Crippen molar-refractivity contribution in [2.45, 2.75) is 0 Å². The molecule has 9 aromatic carbocycles. The summed E-state index contributed by atoms with van der Waals surface area (Å²) in [4.78, 5) is 0. The molecule has 0 radical (unpaired) electrons. The van der Waals surface area contributed by atoms with Crippen LogP contribution in [-0.2, 0) is 0 Å². The van der Waals surface area contributed by atoms with Crippen LogP contribution in [0.5, 0.6) is 0 Å². The van der Waals surface area contributed by atoms with Crippen LogP contribution in [0.1, 0.15) is 0 Å². The van der Waals surface area contributed by atoms with Gasteiger partial charge < -0.3 is 0 Å². The van der Waals surface area contributed by atoms with E-state index in [-0.39, 0.29) is 5.82 Å². The lowest BCUT2D eigenvalue weighted by Crippen LogP contribution is -1.94. The van der Waals surface area contributed by atoms with Crippen LogP contribution in [0.25, 0.3) is 98.4 Å². The average Bonchev–Trinajstić information content (AvgIpc) is 3.37. The van der Waals surface area contributed by atoms with Gasteiger partial charge in [-0.25, -0.2) is 4.39 Å². The van der Waals surface area contributed by atoms with E-state index < -0.39 is 0 Å². The summed E-state index contributed by atoms with van der Waals surface area (Å²) in [7, 11) is 0. The van der Waals surface area contributed by atoms with E-state index in [2.05, 4.69) is 127 Å². The van der Waals surface area contributed by atoms with Gasteiger partial charge in [0, 0.05) is 0 Å². The Morgan fingerprint density at radius 1 is 0.326 bits per heavy atom. The molecule has 1 aliphatic rings. The lowest BCUT2D eigenvalue weighted by Gasteiger charge is -2.21. The normalized spacial score (nSPS) is 12.3. The summed E-state index contributed by atoms with van der Waals surface area (Å²) < 4.78 is 15.0. The van der Waals surface area contributed by atoms with Crippen molar-refractivity contribution in [2.75, 3.05) is 0 Å². The fraction of sp³-hybridized carbons (Fsp3) is 0. The summed E-state index contributed by atoms with van der Waals surface area (Å²) in [5.74, 6) is -0.199. The van der Waals surface area contributed by atoms with Crippen LogP contribution in [0.15, 0.2) is 140 Å². The van der Waals surface area contributed by atoms with E-state index in [1.54, 1.807) is 12.1 Å². The van der Waals surface area contributed by atoms with Crippen LogP contribution in [-0.4, -0.2) is 0 Å². The highest BCUT2D eigenvalue weighted by atomic mass is 19.1. The topological polar surface area (TPSA) is 0 Å². The van der Waals surface area contributed by atoms with Gasteiger partial charge >= 0.3 is 0 Å². The lowest BCUT2D eigenvalue weighted by molar-refractivity contribution is 0.631. The minimum Gasteiger partial charge on any atom is -0.207 e. The number of fused-ring (bicyclic) bond motifs is 5. The summed E-state index contributed by atoms with van der Waals surface area (Å²) in [5.41, 5.74) is 9.82. The molecule has 43 heavy (non-hydrogen) atoms. The first kappa shape index (κ1) is 23.1. The van der Waals surface area contributed by atoms with Crippen molar-refractivity contribution in [3.63, 3.8) is 0 Å². The van der Waals surface area contributed by atoms with Crippen LogP contribution in [0.2, 0.25) is 0 Å². The van der Waals surface area contributed by atoms with Gasteiger partial charge in [-0.05, 0) is 129 Å². The molecule has 9 aromatic rings. The standard InChI is InChI=1S/C42H23F/c43-31-19-29-16-15-26-17-18-32-40-35(23-30(20-31)36(29)39(26)40)42-38(25-11-5-2-6-12-25)34-22-28-14-8-7-13-27(28)21-33(34)37(41(32)42)24-9-3-1-4-10-24/h1-23H. The smallest absolute Gasteiger partial charge is 0.124 e. The van der Waals surface area contributed by atoms with Gasteiger partial charge in [-0.1, -0.05) is 109 Å². The molecule has 0 saturated carbocycles. The molecule has 1 aliphatic carbocycles. The zero-order valence-electron chi connectivity index (χ0n) is 23.2. The van der Waals surface area contributed by atoms with E-state index >= 15 is 4.39 Å². The van der Waals surface area contributed by atoms with Crippen molar-refractivity contribution >= 4 is 53.9 Å². The molecule has 0 nitrogen and oxygen atoms in total. The Labute approximate surface area is 247 Å². The third-order valence-corrected chi connectivity index (χ3v) is 9.50. The van der Waals surface area contributed by atoms with Crippen molar-refractivity contribution < 1.29 is 4.39 Å². The molecule has 0 unspecified atom stereocenters. The number of halogens is 1. The van der Waals surface area contributed by atoms with Crippen LogP contribution in [0.4, 0.5) is 4.39 Å². The molecule has 0 bridgehead atoms. The largest absolute Gasteiger partial charge is 0.207 e. The maximum atomic E-state index is 15.0. The molecule has 0 aliphatic heterocycles. The Morgan fingerprint density at radius 2 is 0.860 bits per heavy atom. The summed E-state index contributed by atoms with van der Waals surface area (Å²) in [6.45, 7) is 0. The third kappa shape index (κ3) is 3.04. The summed E-state index contributed by atoms with van der Waals surface area (Å²) >= 11 is 0. The Balaban J connectivity index is 1.52. The van der Waals surface area contributed by atoms with E-state index in [0.717, 1.165) is 16.2 Å². The van der Waals surface area contributed by atoms with Crippen LogP contribution < -0.4 is 0 Å². The zero-order valence-corrected chi connectivity index (χ0v) is 23.2. The summed E-state index contributed by atoms with van der Waals surface area (Å²) in [6.07, 6.45) is 0. The first-order chi connectivity index (χ1) is 21.2. The number of benzene rings is 9. The van der Waals surface area contributed by atoms with Gasteiger partial charge in [0.25, 0.3) is 0 Å². The Hall–Kier alpha value is -5.53. The second-order valence-electron chi connectivity index (χ2n) is 11.8. The monoisotopic (exact) mass is 546 g/mol. The Kier molecular flexibility index (Phi) is 4.44. The predicted octanol–water partition coefficient (Wildman–Crippen LogP) is 12.0. The predicted molar refractivity (Wildman–Crippen MR) is 180 cm³/mol. The fourth-order valence-electron chi connectivity index (χ4n) is 7.82. The van der Waals surface area contributed by atoms with Gasteiger partial charge in [0.15, 0.2) is 0 Å². The highest BCUT2D eigenvalue weighted by Crippen LogP contribution is 2.59. The maximum absolute atomic E-state index is 15.0. The van der Waals surface area contributed by atoms with E-state index in [9.17, 15) is 0 Å². The molecular weight excluding hydrogens is 523 g/mol. The van der Waals surface area contributed by atoms with E-state index in [4.69, 9.17) is 0 Å². The van der Waals surface area contributed by atoms with Crippen molar-refractivity contribution in [2.24, 2.45) is 0 Å². The minimum absolute atomic E-state index is 0.199.